The van der Waals surface area contributed by atoms with E-state index in [0.717, 1.165) is 44.9 Å². The van der Waals surface area contributed by atoms with Crippen molar-refractivity contribution in [3.8, 4) is 0 Å². The normalized spacial score (nSPS) is 13.9. The summed E-state index contributed by atoms with van der Waals surface area (Å²) < 4.78 is 0. The fourth-order valence-corrected chi connectivity index (χ4v) is 6.30. The second kappa shape index (κ2) is 37.6. The van der Waals surface area contributed by atoms with E-state index in [1.807, 2.05) is 0 Å². The first-order valence-electron chi connectivity index (χ1n) is 20.6. The maximum absolute atomic E-state index is 12.4. The van der Waals surface area contributed by atoms with Crippen molar-refractivity contribution < 1.29 is 20.1 Å². The molecule has 0 spiro atoms. The lowest BCUT2D eigenvalue weighted by atomic mass is 10.0. The van der Waals surface area contributed by atoms with Gasteiger partial charge < -0.3 is 20.6 Å². The van der Waals surface area contributed by atoms with Crippen LogP contribution in [0.4, 0.5) is 0 Å². The summed E-state index contributed by atoms with van der Waals surface area (Å²) in [6.07, 6.45) is 44.2. The molecule has 278 valence electrons. The Bertz CT molecular complexity index is 694. The van der Waals surface area contributed by atoms with Crippen molar-refractivity contribution in [3.05, 3.63) is 24.3 Å². The fraction of sp³-hybridized carbons (Fsp3) is 0.881. The summed E-state index contributed by atoms with van der Waals surface area (Å²) >= 11 is 0. The zero-order valence-corrected chi connectivity index (χ0v) is 31.4. The van der Waals surface area contributed by atoms with Crippen LogP contribution in [-0.4, -0.2) is 46.1 Å². The first kappa shape index (κ1) is 45.8. The van der Waals surface area contributed by atoms with Crippen molar-refractivity contribution in [2.24, 2.45) is 0 Å². The van der Waals surface area contributed by atoms with Gasteiger partial charge in [-0.15, -0.1) is 0 Å². The third-order valence-electron chi connectivity index (χ3n) is 9.54. The number of nitrogens with one attached hydrogen (secondary N) is 1. The Kier molecular flexibility index (Phi) is 36.7. The smallest absolute Gasteiger partial charge is 0.220 e. The Balaban J connectivity index is 3.71. The molecule has 0 saturated carbocycles. The van der Waals surface area contributed by atoms with Gasteiger partial charge in [0.15, 0.2) is 0 Å². The van der Waals surface area contributed by atoms with Gasteiger partial charge in [0.05, 0.1) is 18.8 Å². The zero-order valence-electron chi connectivity index (χ0n) is 31.4. The molecular weight excluding hydrogens is 582 g/mol. The Hall–Kier alpha value is -1.17. The van der Waals surface area contributed by atoms with Crippen LogP contribution in [0.3, 0.4) is 0 Å². The van der Waals surface area contributed by atoms with Gasteiger partial charge in [-0.25, -0.2) is 0 Å². The minimum absolute atomic E-state index is 0.157. The highest BCUT2D eigenvalue weighted by Gasteiger charge is 2.26. The third kappa shape index (κ3) is 33.1. The van der Waals surface area contributed by atoms with E-state index in [-0.39, 0.29) is 12.5 Å². The van der Waals surface area contributed by atoms with Crippen LogP contribution in [0.2, 0.25) is 0 Å². The molecule has 1 amide bonds. The average Bonchev–Trinajstić information content (AvgIpc) is 3.07. The van der Waals surface area contributed by atoms with Crippen LogP contribution in [-0.2, 0) is 4.79 Å². The number of aliphatic hydroxyl groups excluding tert-OH is 3. The van der Waals surface area contributed by atoms with Crippen molar-refractivity contribution in [3.63, 3.8) is 0 Å². The molecule has 5 nitrogen and oxygen atoms in total. The molecule has 47 heavy (non-hydrogen) atoms. The minimum atomic E-state index is -1.16. The Morgan fingerprint density at radius 1 is 0.511 bits per heavy atom. The van der Waals surface area contributed by atoms with Gasteiger partial charge in [-0.1, -0.05) is 179 Å². The predicted molar refractivity (Wildman–Crippen MR) is 204 cm³/mol. The van der Waals surface area contributed by atoms with Crippen LogP contribution in [0.5, 0.6) is 0 Å². The Labute approximate surface area is 292 Å². The van der Waals surface area contributed by atoms with Crippen LogP contribution in [0, 0.1) is 0 Å². The topological polar surface area (TPSA) is 89.8 Å². The van der Waals surface area contributed by atoms with E-state index in [4.69, 9.17) is 0 Å². The lowest BCUT2D eigenvalue weighted by Gasteiger charge is -2.26. The Morgan fingerprint density at radius 2 is 0.872 bits per heavy atom. The maximum Gasteiger partial charge on any atom is 0.220 e. The molecule has 0 aromatic rings. The van der Waals surface area contributed by atoms with Crippen molar-refractivity contribution in [2.75, 3.05) is 6.61 Å². The fourth-order valence-electron chi connectivity index (χ4n) is 6.30. The number of hydrogen-bond donors (Lipinski definition) is 4. The SMILES string of the molecule is CCCCCCCCCCC/C=C/CC/C=C/CCCC(O)C(O)C(CO)NC(=O)CCCCCCCCCCCCCCCCC. The highest BCUT2D eigenvalue weighted by atomic mass is 16.3. The number of unbranched alkanes of at least 4 members (excludes halogenated alkanes) is 25. The van der Waals surface area contributed by atoms with Gasteiger partial charge in [0.25, 0.3) is 0 Å². The molecule has 0 aliphatic heterocycles. The van der Waals surface area contributed by atoms with Crippen molar-refractivity contribution in [2.45, 2.75) is 231 Å². The van der Waals surface area contributed by atoms with Gasteiger partial charge in [-0.2, -0.15) is 0 Å². The molecule has 0 fully saturated rings. The number of allylic oxidation sites excluding steroid dienone is 4. The molecule has 0 bridgehead atoms. The number of carbonyl (C=O) groups excluding carboxylic acids is 1. The molecule has 0 rings (SSSR count). The van der Waals surface area contributed by atoms with Crippen LogP contribution < -0.4 is 5.32 Å². The zero-order chi connectivity index (χ0) is 34.5. The standard InChI is InChI=1S/C42H81NO4/c1-3-5-7-9-11-13-15-17-19-20-21-23-24-26-28-30-32-34-36-40(45)42(47)39(38-44)43-41(46)37-35-33-31-29-27-25-22-18-16-14-12-10-8-6-4-2/h21,23,28,30,39-40,42,44-45,47H,3-20,22,24-27,29,31-38H2,1-2H3,(H,43,46)/b23-21+,30-28+. The first-order valence-corrected chi connectivity index (χ1v) is 20.6. The van der Waals surface area contributed by atoms with Crippen LogP contribution in [0.25, 0.3) is 0 Å². The lowest BCUT2D eigenvalue weighted by Crippen LogP contribution is -2.50. The van der Waals surface area contributed by atoms with Gasteiger partial charge in [-0.3, -0.25) is 4.79 Å². The summed E-state index contributed by atoms with van der Waals surface area (Å²) in [4.78, 5) is 12.4. The molecule has 0 aromatic carbocycles. The quantitative estimate of drug-likeness (QED) is 0.0393. The minimum Gasteiger partial charge on any atom is -0.394 e. The van der Waals surface area contributed by atoms with Gasteiger partial charge in [0.2, 0.25) is 5.91 Å². The molecule has 0 aliphatic rings. The van der Waals surface area contributed by atoms with Gasteiger partial charge in [0, 0.05) is 6.42 Å². The number of amides is 1. The van der Waals surface area contributed by atoms with Gasteiger partial charge >= 0.3 is 0 Å². The summed E-state index contributed by atoms with van der Waals surface area (Å²) in [5.74, 6) is -0.157. The van der Waals surface area contributed by atoms with Gasteiger partial charge in [-0.05, 0) is 51.4 Å². The molecule has 4 N–H and O–H groups in total. The van der Waals surface area contributed by atoms with E-state index in [2.05, 4.69) is 43.5 Å². The van der Waals surface area contributed by atoms with E-state index >= 15 is 0 Å². The lowest BCUT2D eigenvalue weighted by molar-refractivity contribution is -0.124. The van der Waals surface area contributed by atoms with E-state index in [9.17, 15) is 20.1 Å². The molecule has 0 radical (unpaired) electrons. The first-order chi connectivity index (χ1) is 23.1. The average molecular weight is 664 g/mol. The van der Waals surface area contributed by atoms with E-state index in [1.165, 1.54) is 141 Å². The number of aliphatic hydroxyl groups is 3. The molecular formula is C42H81NO4. The van der Waals surface area contributed by atoms with Crippen molar-refractivity contribution in [1.82, 2.24) is 5.32 Å². The van der Waals surface area contributed by atoms with Crippen LogP contribution in [0.15, 0.2) is 24.3 Å². The number of rotatable bonds is 37. The van der Waals surface area contributed by atoms with Crippen molar-refractivity contribution >= 4 is 5.91 Å². The monoisotopic (exact) mass is 664 g/mol. The van der Waals surface area contributed by atoms with E-state index in [0.29, 0.717) is 12.8 Å². The summed E-state index contributed by atoms with van der Waals surface area (Å²) in [5, 5.41) is 33.4. The second-order valence-corrected chi connectivity index (χ2v) is 14.2. The molecule has 0 heterocycles. The molecule has 0 aliphatic carbocycles. The Morgan fingerprint density at radius 3 is 1.30 bits per heavy atom. The molecule has 0 aromatic heterocycles. The molecule has 5 heteroatoms. The van der Waals surface area contributed by atoms with Gasteiger partial charge in [0.1, 0.15) is 6.10 Å². The summed E-state index contributed by atoms with van der Waals surface area (Å²) in [6, 6.07) is -0.827. The second-order valence-electron chi connectivity index (χ2n) is 14.2. The summed E-state index contributed by atoms with van der Waals surface area (Å²) in [5.41, 5.74) is 0. The molecule has 3 unspecified atom stereocenters. The number of hydrogen-bond acceptors (Lipinski definition) is 4. The van der Waals surface area contributed by atoms with Crippen LogP contribution >= 0.6 is 0 Å². The van der Waals surface area contributed by atoms with E-state index in [1.54, 1.807) is 0 Å². The van der Waals surface area contributed by atoms with Crippen molar-refractivity contribution in [1.29, 1.82) is 0 Å². The van der Waals surface area contributed by atoms with E-state index < -0.39 is 18.2 Å². The summed E-state index contributed by atoms with van der Waals surface area (Å²) in [6.45, 7) is 4.16. The number of carbonyl (C=O) groups is 1. The highest BCUT2D eigenvalue weighted by molar-refractivity contribution is 5.76. The highest BCUT2D eigenvalue weighted by Crippen LogP contribution is 2.15. The molecule has 0 saturated heterocycles. The molecule has 3 atom stereocenters. The predicted octanol–water partition coefficient (Wildman–Crippen LogP) is 11.4. The van der Waals surface area contributed by atoms with Crippen LogP contribution in [0.1, 0.15) is 213 Å². The largest absolute Gasteiger partial charge is 0.394 e. The third-order valence-corrected chi connectivity index (χ3v) is 9.54. The summed E-state index contributed by atoms with van der Waals surface area (Å²) in [7, 11) is 0. The maximum atomic E-state index is 12.4.